The average molecular weight is 379 g/mol. The molecule has 0 atom stereocenters. The fourth-order valence-corrected chi connectivity index (χ4v) is 2.95. The number of aromatic nitrogens is 2. The molecule has 0 spiro atoms. The van der Waals surface area contributed by atoms with E-state index in [1.807, 2.05) is 31.8 Å². The summed E-state index contributed by atoms with van der Waals surface area (Å²) in [5, 5.41) is 19.5. The van der Waals surface area contributed by atoms with Crippen LogP contribution in [-0.2, 0) is 10.2 Å². The van der Waals surface area contributed by atoms with Gasteiger partial charge in [-0.25, -0.2) is 9.79 Å². The van der Waals surface area contributed by atoms with Gasteiger partial charge in [-0.1, -0.05) is 32.9 Å². The summed E-state index contributed by atoms with van der Waals surface area (Å²) < 4.78 is 0. The largest absolute Gasteiger partial charge is 0.494 e. The van der Waals surface area contributed by atoms with Gasteiger partial charge in [-0.2, -0.15) is 5.26 Å². The topological polar surface area (TPSA) is 165 Å². The highest BCUT2D eigenvalue weighted by Gasteiger charge is 2.31. The summed E-state index contributed by atoms with van der Waals surface area (Å²) in [6.45, 7) is 5.98. The second-order valence-corrected chi connectivity index (χ2v) is 7.30. The highest BCUT2D eigenvalue weighted by atomic mass is 16.3. The summed E-state index contributed by atoms with van der Waals surface area (Å²) in [6.07, 6.45) is 0. The molecule has 0 unspecified atom stereocenters. The number of benzene rings is 1. The average Bonchev–Trinajstić information content (AvgIpc) is 2.92. The van der Waals surface area contributed by atoms with Crippen molar-refractivity contribution in [2.75, 3.05) is 0 Å². The van der Waals surface area contributed by atoms with Crippen molar-refractivity contribution < 1.29 is 9.90 Å². The van der Waals surface area contributed by atoms with Gasteiger partial charge in [-0.3, -0.25) is 19.6 Å². The number of aromatic amines is 2. The summed E-state index contributed by atoms with van der Waals surface area (Å²) in [7, 11) is 0. The van der Waals surface area contributed by atoms with Crippen LogP contribution >= 0.6 is 0 Å². The number of primary amides is 1. The number of hydrogen-bond acceptors (Lipinski definition) is 6. The first-order valence-corrected chi connectivity index (χ1v) is 8.28. The van der Waals surface area contributed by atoms with Gasteiger partial charge >= 0.3 is 5.69 Å². The number of nitriles is 1. The van der Waals surface area contributed by atoms with E-state index < -0.39 is 23.0 Å². The number of amides is 1. The molecule has 1 aliphatic heterocycles. The van der Waals surface area contributed by atoms with E-state index in [0.717, 1.165) is 5.56 Å². The van der Waals surface area contributed by atoms with Crippen LogP contribution in [0.5, 0.6) is 5.88 Å². The first-order chi connectivity index (χ1) is 13.0. The first kappa shape index (κ1) is 18.8. The summed E-state index contributed by atoms with van der Waals surface area (Å²) in [6, 6.07) is 7.00. The lowest BCUT2D eigenvalue weighted by Gasteiger charge is -2.20. The molecule has 0 fully saturated rings. The second kappa shape index (κ2) is 6.35. The van der Waals surface area contributed by atoms with Crippen LogP contribution in [-0.4, -0.2) is 26.7 Å². The van der Waals surface area contributed by atoms with Gasteiger partial charge in [-0.15, -0.1) is 0 Å². The molecule has 2 heterocycles. The van der Waals surface area contributed by atoms with E-state index in [0.29, 0.717) is 11.1 Å². The third-order valence-corrected chi connectivity index (χ3v) is 4.37. The number of rotatable bonds is 2. The molecule has 1 amide bonds. The second-order valence-electron chi connectivity index (χ2n) is 7.30. The molecule has 142 valence electrons. The van der Waals surface area contributed by atoms with Crippen molar-refractivity contribution in [1.82, 2.24) is 9.97 Å². The molecule has 1 aromatic carbocycles. The fraction of sp³-hybridized carbons (Fsp3) is 0.211. The van der Waals surface area contributed by atoms with Gasteiger partial charge in [-0.05, 0) is 17.0 Å². The Morgan fingerprint density at radius 2 is 1.89 bits per heavy atom. The van der Waals surface area contributed by atoms with E-state index in [2.05, 4.69) is 9.98 Å². The number of H-pyrrole nitrogens is 2. The number of nitrogens with two attached hydrogens (primary N) is 1. The molecule has 1 aromatic heterocycles. The van der Waals surface area contributed by atoms with Crippen molar-refractivity contribution in [2.24, 2.45) is 10.7 Å². The zero-order valence-corrected chi connectivity index (χ0v) is 15.4. The number of hydrogen-bond donors (Lipinski definition) is 4. The molecule has 0 bridgehead atoms. The van der Waals surface area contributed by atoms with Gasteiger partial charge in [0, 0.05) is 11.1 Å². The quantitative estimate of drug-likeness (QED) is 0.443. The predicted octanol–water partition coefficient (Wildman–Crippen LogP) is 0.637. The van der Waals surface area contributed by atoms with Crippen LogP contribution in [0, 0.1) is 11.3 Å². The lowest BCUT2D eigenvalue weighted by Crippen LogP contribution is -2.28. The summed E-state index contributed by atoms with van der Waals surface area (Å²) in [5.74, 6) is -1.63. The van der Waals surface area contributed by atoms with Crippen LogP contribution in [0.1, 0.15) is 43.0 Å². The minimum atomic E-state index is -0.965. The van der Waals surface area contributed by atoms with Gasteiger partial charge in [0.1, 0.15) is 17.2 Å². The van der Waals surface area contributed by atoms with E-state index in [1.54, 1.807) is 18.2 Å². The van der Waals surface area contributed by atoms with Crippen molar-refractivity contribution in [1.29, 1.82) is 5.26 Å². The Morgan fingerprint density at radius 3 is 2.43 bits per heavy atom. The smallest absolute Gasteiger partial charge is 0.328 e. The molecule has 9 heteroatoms. The standard InChI is InChI=1S/C19H17N5O4/c1-19(2,3)8-4-5-9-10(6-8)14(22-13(9)11(7-20)15(21)25)12-16(26)23-18(28)24-17(12)27/h4-6H,1-3H3,(H2,21,25)(H3,23,24,26,27,28)/b13-11-. The predicted molar refractivity (Wildman–Crippen MR) is 102 cm³/mol. The zero-order valence-electron chi connectivity index (χ0n) is 15.4. The van der Waals surface area contributed by atoms with Gasteiger partial charge < -0.3 is 10.8 Å². The summed E-state index contributed by atoms with van der Waals surface area (Å²) >= 11 is 0. The summed E-state index contributed by atoms with van der Waals surface area (Å²) in [5.41, 5.74) is 4.46. The maximum absolute atomic E-state index is 12.3. The highest BCUT2D eigenvalue weighted by molar-refractivity contribution is 6.23. The van der Waals surface area contributed by atoms with Crippen LogP contribution in [0.25, 0.3) is 5.70 Å². The molecule has 2 aromatic rings. The van der Waals surface area contributed by atoms with Gasteiger partial charge in [0.05, 0.1) is 11.4 Å². The first-order valence-electron chi connectivity index (χ1n) is 8.28. The summed E-state index contributed by atoms with van der Waals surface area (Å²) in [4.78, 5) is 43.8. The molecule has 1 aliphatic rings. The minimum Gasteiger partial charge on any atom is -0.494 e. The Labute approximate surface area is 158 Å². The van der Waals surface area contributed by atoms with Crippen LogP contribution in [0.2, 0.25) is 0 Å². The van der Waals surface area contributed by atoms with E-state index in [9.17, 15) is 24.8 Å². The van der Waals surface area contributed by atoms with Crippen LogP contribution in [0.4, 0.5) is 0 Å². The number of aliphatic imine (C=N–C) groups is 1. The Bertz CT molecular complexity index is 1230. The molecule has 9 nitrogen and oxygen atoms in total. The zero-order chi connectivity index (χ0) is 20.8. The number of carbonyl (C=O) groups excluding carboxylic acids is 1. The number of fused-ring (bicyclic) bond motifs is 1. The molecule has 0 saturated heterocycles. The molecule has 5 N–H and O–H groups in total. The van der Waals surface area contributed by atoms with Crippen molar-refractivity contribution in [3.05, 3.63) is 66.9 Å². The van der Waals surface area contributed by atoms with E-state index >= 15 is 0 Å². The SMILES string of the molecule is CC(C)(C)c1ccc2c(c1)C(c1c(O)[nH]c(=O)[nH]c1=O)=N/C2=C(/C#N)C(N)=O. The van der Waals surface area contributed by atoms with Crippen molar-refractivity contribution in [3.63, 3.8) is 0 Å². The Kier molecular flexibility index (Phi) is 4.27. The van der Waals surface area contributed by atoms with Crippen molar-refractivity contribution >= 4 is 17.3 Å². The maximum Gasteiger partial charge on any atom is 0.328 e. The van der Waals surface area contributed by atoms with Gasteiger partial charge in [0.2, 0.25) is 5.88 Å². The van der Waals surface area contributed by atoms with Crippen LogP contribution in [0.15, 0.2) is 38.4 Å². The highest BCUT2D eigenvalue weighted by Crippen LogP contribution is 2.36. The lowest BCUT2D eigenvalue weighted by atomic mass is 9.84. The van der Waals surface area contributed by atoms with E-state index in [4.69, 9.17) is 5.73 Å². The number of aromatic hydroxyl groups is 1. The Morgan fingerprint density at radius 1 is 1.21 bits per heavy atom. The van der Waals surface area contributed by atoms with Gasteiger partial charge in [0.15, 0.2) is 0 Å². The number of nitrogens with one attached hydrogen (secondary N) is 2. The number of carbonyl (C=O) groups is 1. The van der Waals surface area contributed by atoms with Gasteiger partial charge in [0.25, 0.3) is 11.5 Å². The van der Waals surface area contributed by atoms with Crippen molar-refractivity contribution in [2.45, 2.75) is 26.2 Å². The van der Waals surface area contributed by atoms with E-state index in [1.165, 1.54) is 0 Å². The normalized spacial score (nSPS) is 14.9. The molecular weight excluding hydrogens is 362 g/mol. The monoisotopic (exact) mass is 379 g/mol. The van der Waals surface area contributed by atoms with Crippen LogP contribution < -0.4 is 17.0 Å². The lowest BCUT2D eigenvalue weighted by molar-refractivity contribution is -0.114. The Balaban J connectivity index is 2.43. The van der Waals surface area contributed by atoms with Crippen molar-refractivity contribution in [3.8, 4) is 11.9 Å². The maximum atomic E-state index is 12.3. The molecule has 3 rings (SSSR count). The fourth-order valence-electron chi connectivity index (χ4n) is 2.95. The third-order valence-electron chi connectivity index (χ3n) is 4.37. The number of nitrogens with zero attached hydrogens (tertiary/aromatic N) is 2. The molecule has 0 aliphatic carbocycles. The Hall–Kier alpha value is -3.93. The molecule has 0 saturated carbocycles. The third kappa shape index (κ3) is 3.01. The van der Waals surface area contributed by atoms with E-state index in [-0.39, 0.29) is 28.0 Å². The minimum absolute atomic E-state index is 0.00505. The molecule has 0 radical (unpaired) electrons. The molecular formula is C19H17N5O4. The molecule has 28 heavy (non-hydrogen) atoms. The van der Waals surface area contributed by atoms with Crippen LogP contribution in [0.3, 0.4) is 0 Å².